The number of hydrogen-bond acceptors (Lipinski definition) is 5. The smallest absolute Gasteiger partial charge is 0.356 e. The third-order valence-electron chi connectivity index (χ3n) is 3.22. The van der Waals surface area contributed by atoms with Crippen LogP contribution in [0.5, 0.6) is 0 Å². The molecule has 0 aliphatic rings. The zero-order valence-electron chi connectivity index (χ0n) is 13.6. The predicted octanol–water partition coefficient (Wildman–Crippen LogP) is 3.68. The Morgan fingerprint density at radius 3 is 2.52 bits per heavy atom. The SMILES string of the molecule is CCc1cc(C=O)n(-c2ccsc2C=O)c1C(=O)OC(C)(C)C. The molecule has 0 amide bonds. The molecule has 0 saturated heterocycles. The van der Waals surface area contributed by atoms with Crippen molar-refractivity contribution in [2.45, 2.75) is 39.7 Å². The molecule has 0 unspecified atom stereocenters. The molecule has 0 atom stereocenters. The van der Waals surface area contributed by atoms with Crippen molar-refractivity contribution in [3.8, 4) is 5.69 Å². The van der Waals surface area contributed by atoms with Gasteiger partial charge in [0.05, 0.1) is 16.3 Å². The van der Waals surface area contributed by atoms with Crippen LogP contribution in [0.2, 0.25) is 0 Å². The van der Waals surface area contributed by atoms with E-state index >= 15 is 0 Å². The Labute approximate surface area is 138 Å². The van der Waals surface area contributed by atoms with Crippen molar-refractivity contribution in [2.24, 2.45) is 0 Å². The average molecular weight is 333 g/mol. The van der Waals surface area contributed by atoms with Gasteiger partial charge in [-0.25, -0.2) is 4.79 Å². The molecule has 2 aromatic heterocycles. The number of aryl methyl sites for hydroxylation is 1. The number of carbonyl (C=O) groups excluding carboxylic acids is 3. The van der Waals surface area contributed by atoms with Gasteiger partial charge in [-0.1, -0.05) is 6.92 Å². The maximum atomic E-state index is 12.6. The highest BCUT2D eigenvalue weighted by Gasteiger charge is 2.27. The Morgan fingerprint density at radius 2 is 2.00 bits per heavy atom. The number of aldehydes is 2. The van der Waals surface area contributed by atoms with E-state index in [0.717, 1.165) is 6.29 Å². The van der Waals surface area contributed by atoms with Gasteiger partial charge in [-0.3, -0.25) is 14.2 Å². The molecular weight excluding hydrogens is 314 g/mol. The minimum Gasteiger partial charge on any atom is -0.455 e. The molecule has 2 aromatic rings. The van der Waals surface area contributed by atoms with Crippen LogP contribution in [0.3, 0.4) is 0 Å². The number of thiophene rings is 1. The van der Waals surface area contributed by atoms with Crippen LogP contribution in [-0.2, 0) is 11.2 Å². The van der Waals surface area contributed by atoms with Crippen LogP contribution in [-0.4, -0.2) is 28.7 Å². The molecule has 0 aromatic carbocycles. The van der Waals surface area contributed by atoms with E-state index in [0.29, 0.717) is 40.2 Å². The highest BCUT2D eigenvalue weighted by Crippen LogP contribution is 2.28. The lowest BCUT2D eigenvalue weighted by atomic mass is 10.1. The second-order valence-corrected chi connectivity index (χ2v) is 6.99. The summed E-state index contributed by atoms with van der Waals surface area (Å²) in [6, 6.07) is 3.38. The first-order chi connectivity index (χ1) is 10.8. The van der Waals surface area contributed by atoms with Crippen molar-refractivity contribution in [2.75, 3.05) is 0 Å². The second kappa shape index (κ2) is 6.50. The number of nitrogens with zero attached hydrogens (tertiary/aromatic N) is 1. The third-order valence-corrected chi connectivity index (χ3v) is 4.05. The lowest BCUT2D eigenvalue weighted by Gasteiger charge is -2.21. The molecule has 0 spiro atoms. The summed E-state index contributed by atoms with van der Waals surface area (Å²) in [7, 11) is 0. The van der Waals surface area contributed by atoms with E-state index in [1.807, 2.05) is 6.92 Å². The van der Waals surface area contributed by atoms with Gasteiger partial charge in [0.1, 0.15) is 11.3 Å². The fourth-order valence-corrected chi connectivity index (χ4v) is 3.02. The number of carbonyl (C=O) groups is 3. The van der Waals surface area contributed by atoms with Crippen LogP contribution in [0, 0.1) is 0 Å². The minimum atomic E-state index is -0.652. The van der Waals surface area contributed by atoms with Gasteiger partial charge >= 0.3 is 5.97 Å². The predicted molar refractivity (Wildman–Crippen MR) is 89.0 cm³/mol. The maximum Gasteiger partial charge on any atom is 0.356 e. The number of ether oxygens (including phenoxy) is 1. The molecule has 2 rings (SSSR count). The molecular formula is C17H19NO4S. The normalized spacial score (nSPS) is 11.3. The quantitative estimate of drug-likeness (QED) is 0.618. The van der Waals surface area contributed by atoms with Crippen LogP contribution in [0.1, 0.15) is 63.9 Å². The summed E-state index contributed by atoms with van der Waals surface area (Å²) in [4.78, 5) is 35.8. The van der Waals surface area contributed by atoms with Crippen molar-refractivity contribution in [3.05, 3.63) is 39.3 Å². The Balaban J connectivity index is 2.69. The molecule has 0 saturated carbocycles. The Kier molecular flexibility index (Phi) is 4.85. The standard InChI is InChI=1S/C17H19NO4S/c1-5-11-8-12(9-19)18(13-6-7-23-14(13)10-20)15(11)16(21)22-17(2,3)4/h6-10H,5H2,1-4H3. The zero-order chi connectivity index (χ0) is 17.2. The van der Waals surface area contributed by atoms with Crippen LogP contribution in [0.4, 0.5) is 0 Å². The number of esters is 1. The number of aromatic nitrogens is 1. The molecule has 6 heteroatoms. The first-order valence-corrected chi connectivity index (χ1v) is 8.16. The fourth-order valence-electron chi connectivity index (χ4n) is 2.34. The molecule has 2 heterocycles. The topological polar surface area (TPSA) is 65.4 Å². The summed E-state index contributed by atoms with van der Waals surface area (Å²) in [5, 5.41) is 1.75. The van der Waals surface area contributed by atoms with Crippen molar-refractivity contribution in [1.29, 1.82) is 0 Å². The highest BCUT2D eigenvalue weighted by atomic mass is 32.1. The van der Waals surface area contributed by atoms with Gasteiger partial charge in [0.2, 0.25) is 0 Å². The molecule has 0 N–H and O–H groups in total. The van der Waals surface area contributed by atoms with Gasteiger partial charge in [0, 0.05) is 0 Å². The van der Waals surface area contributed by atoms with Crippen LogP contribution in [0.25, 0.3) is 5.69 Å². The van der Waals surface area contributed by atoms with Crippen molar-refractivity contribution in [1.82, 2.24) is 4.57 Å². The van der Waals surface area contributed by atoms with Gasteiger partial charge in [0.15, 0.2) is 12.6 Å². The van der Waals surface area contributed by atoms with E-state index in [1.165, 1.54) is 15.9 Å². The van der Waals surface area contributed by atoms with E-state index in [2.05, 4.69) is 0 Å². The number of rotatable bonds is 5. The Morgan fingerprint density at radius 1 is 1.30 bits per heavy atom. The monoisotopic (exact) mass is 333 g/mol. The van der Waals surface area contributed by atoms with E-state index in [1.54, 1.807) is 38.3 Å². The summed E-state index contributed by atoms with van der Waals surface area (Å²) in [5.41, 5.74) is 1.20. The van der Waals surface area contributed by atoms with Gasteiger partial charge in [-0.05, 0) is 50.3 Å². The van der Waals surface area contributed by atoms with Crippen LogP contribution < -0.4 is 0 Å². The van der Waals surface area contributed by atoms with E-state index in [4.69, 9.17) is 4.74 Å². The van der Waals surface area contributed by atoms with Crippen LogP contribution >= 0.6 is 11.3 Å². The average Bonchev–Trinajstić information content (AvgIpc) is 3.07. The van der Waals surface area contributed by atoms with Gasteiger partial charge < -0.3 is 4.74 Å². The first kappa shape index (κ1) is 17.1. The van der Waals surface area contributed by atoms with Crippen molar-refractivity contribution < 1.29 is 19.1 Å². The molecule has 23 heavy (non-hydrogen) atoms. The van der Waals surface area contributed by atoms with E-state index < -0.39 is 11.6 Å². The van der Waals surface area contributed by atoms with Crippen LogP contribution in [0.15, 0.2) is 17.5 Å². The van der Waals surface area contributed by atoms with Crippen molar-refractivity contribution >= 4 is 29.9 Å². The summed E-state index contributed by atoms with van der Waals surface area (Å²) >= 11 is 1.26. The fraction of sp³-hybridized carbons (Fsp3) is 0.353. The minimum absolute atomic E-state index is 0.297. The third kappa shape index (κ3) is 3.42. The molecule has 0 bridgehead atoms. The lowest BCUT2D eigenvalue weighted by molar-refractivity contribution is 0.00592. The summed E-state index contributed by atoms with van der Waals surface area (Å²) in [6.07, 6.45) is 1.97. The molecule has 122 valence electrons. The summed E-state index contributed by atoms with van der Waals surface area (Å²) in [5.74, 6) is -0.509. The molecule has 5 nitrogen and oxygen atoms in total. The van der Waals surface area contributed by atoms with Gasteiger partial charge in [-0.2, -0.15) is 0 Å². The molecule has 0 radical (unpaired) electrons. The summed E-state index contributed by atoms with van der Waals surface area (Å²) in [6.45, 7) is 7.25. The van der Waals surface area contributed by atoms with Gasteiger partial charge in [0.25, 0.3) is 0 Å². The Hall–Kier alpha value is -2.21. The first-order valence-electron chi connectivity index (χ1n) is 7.28. The largest absolute Gasteiger partial charge is 0.455 e. The van der Waals surface area contributed by atoms with Gasteiger partial charge in [-0.15, -0.1) is 11.3 Å². The maximum absolute atomic E-state index is 12.6. The van der Waals surface area contributed by atoms with E-state index in [-0.39, 0.29) is 0 Å². The zero-order valence-corrected chi connectivity index (χ0v) is 14.4. The van der Waals surface area contributed by atoms with Crippen molar-refractivity contribution in [3.63, 3.8) is 0 Å². The summed E-state index contributed by atoms with van der Waals surface area (Å²) < 4.78 is 6.99. The van der Waals surface area contributed by atoms with E-state index in [9.17, 15) is 14.4 Å². The molecule has 0 aliphatic carbocycles. The second-order valence-electron chi connectivity index (χ2n) is 6.04. The molecule has 0 fully saturated rings. The number of hydrogen-bond donors (Lipinski definition) is 0. The lowest BCUT2D eigenvalue weighted by Crippen LogP contribution is -2.26. The Bertz CT molecular complexity index is 749. The highest BCUT2D eigenvalue weighted by molar-refractivity contribution is 7.12. The molecule has 0 aliphatic heterocycles.